The van der Waals surface area contributed by atoms with E-state index in [0.717, 1.165) is 102 Å². The van der Waals surface area contributed by atoms with Gasteiger partial charge in [-0.3, -0.25) is 37.3 Å². The highest BCUT2D eigenvalue weighted by Gasteiger charge is 2.30. The van der Waals surface area contributed by atoms with E-state index in [0.29, 0.717) is 31.6 Å². The van der Waals surface area contributed by atoms with E-state index in [1.807, 2.05) is 0 Å². The maximum absolute atomic E-state index is 13.0. The highest BCUT2D eigenvalue weighted by molar-refractivity contribution is 7.47. The molecule has 3 N–H and O–H groups in total. The largest absolute Gasteiger partial charge is 0.472 e. The van der Waals surface area contributed by atoms with Crippen molar-refractivity contribution in [3.05, 3.63) is 0 Å². The van der Waals surface area contributed by atoms with Gasteiger partial charge in [-0.15, -0.1) is 0 Å². The van der Waals surface area contributed by atoms with Crippen LogP contribution in [0.4, 0.5) is 0 Å². The number of hydrogen-bond donors (Lipinski definition) is 3. The lowest BCUT2D eigenvalue weighted by molar-refractivity contribution is -0.161. The lowest BCUT2D eigenvalue weighted by Gasteiger charge is -2.21. The van der Waals surface area contributed by atoms with Gasteiger partial charge in [0.1, 0.15) is 19.3 Å². The summed E-state index contributed by atoms with van der Waals surface area (Å²) in [5.41, 5.74) is 0. The number of unbranched alkanes of at least 4 members (excludes halogenated alkanes) is 41. The van der Waals surface area contributed by atoms with Crippen LogP contribution in [0.15, 0.2) is 0 Å². The standard InChI is InChI=1S/C72H140O17P2/c1-7-9-11-13-15-17-19-21-22-23-24-26-28-32-36-44-50-56-71(76)88-67(60-82-69(74)54-48-42-35-31-27-25-20-18-16-14-12-10-8-2)62-86-90(78,79)84-58-66(73)59-85-91(80,81)87-63-68(61-83-70(75)55-49-43-39-38-41-47-53-65(5)6)89-72(77)57-51-45-37-33-29-30-34-40-46-52-64(3)4/h64-68,73H,7-63H2,1-6H3,(H,78,79)(H,80,81)/t66-,67-,68-/m1/s1. The fourth-order valence-corrected chi connectivity index (χ4v) is 12.5. The second-order valence-corrected chi connectivity index (χ2v) is 29.8. The smallest absolute Gasteiger partial charge is 0.462 e. The van der Waals surface area contributed by atoms with Gasteiger partial charge in [-0.05, 0) is 37.5 Å². The normalized spacial score (nSPS) is 14.1. The van der Waals surface area contributed by atoms with Crippen LogP contribution in [0, 0.1) is 11.8 Å². The van der Waals surface area contributed by atoms with Crippen LogP contribution < -0.4 is 0 Å². The first-order chi connectivity index (χ1) is 43.9. The molecule has 0 spiro atoms. The molecule has 17 nitrogen and oxygen atoms in total. The fraction of sp³-hybridized carbons (Fsp3) is 0.944. The van der Waals surface area contributed by atoms with Gasteiger partial charge in [-0.25, -0.2) is 9.13 Å². The number of phosphoric acid groups is 2. The van der Waals surface area contributed by atoms with Gasteiger partial charge in [0.15, 0.2) is 12.2 Å². The summed E-state index contributed by atoms with van der Waals surface area (Å²) in [7, 11) is -9.90. The predicted molar refractivity (Wildman–Crippen MR) is 368 cm³/mol. The van der Waals surface area contributed by atoms with Crippen LogP contribution >= 0.6 is 15.6 Å². The van der Waals surface area contributed by atoms with E-state index in [2.05, 4.69) is 41.5 Å². The summed E-state index contributed by atoms with van der Waals surface area (Å²) >= 11 is 0. The summed E-state index contributed by atoms with van der Waals surface area (Å²) < 4.78 is 68.3. The molecule has 91 heavy (non-hydrogen) atoms. The summed E-state index contributed by atoms with van der Waals surface area (Å²) in [6.07, 6.45) is 50.1. The van der Waals surface area contributed by atoms with Gasteiger partial charge in [0, 0.05) is 25.7 Å². The number of aliphatic hydroxyl groups is 1. The lowest BCUT2D eigenvalue weighted by atomic mass is 10.0. The molecule has 2 unspecified atom stereocenters. The summed E-state index contributed by atoms with van der Waals surface area (Å²) in [4.78, 5) is 72.6. The first-order valence-corrected chi connectivity index (χ1v) is 40.5. The third kappa shape index (κ3) is 66.5. The van der Waals surface area contributed by atoms with Crippen LogP contribution in [-0.2, 0) is 65.4 Å². The minimum atomic E-state index is -4.95. The molecule has 0 aromatic rings. The molecule has 0 aliphatic carbocycles. The first-order valence-electron chi connectivity index (χ1n) is 37.5. The predicted octanol–water partition coefficient (Wildman–Crippen LogP) is 20.8. The van der Waals surface area contributed by atoms with Gasteiger partial charge in [0.2, 0.25) is 0 Å². The lowest BCUT2D eigenvalue weighted by Crippen LogP contribution is -2.30. The Hall–Kier alpha value is -1.94. The second-order valence-electron chi connectivity index (χ2n) is 26.9. The van der Waals surface area contributed by atoms with Crippen molar-refractivity contribution in [1.82, 2.24) is 0 Å². The quantitative estimate of drug-likeness (QED) is 0.0222. The Morgan fingerprint density at radius 1 is 0.297 bits per heavy atom. The Kier molecular flexibility index (Phi) is 62.7. The average Bonchev–Trinajstić information content (AvgIpc) is 3.36. The third-order valence-electron chi connectivity index (χ3n) is 16.7. The van der Waals surface area contributed by atoms with Crippen LogP contribution in [0.1, 0.15) is 369 Å². The SMILES string of the molecule is CCCCCCCCCCCCCCCCCCCC(=O)O[C@H](COC(=O)CCCCCCCCCCCCCCC)COP(=O)(O)OC[C@@H](O)COP(=O)(O)OC[C@@H](COC(=O)CCCCCCCCC(C)C)OC(=O)CCCCCCCCCCCC(C)C. The summed E-state index contributed by atoms with van der Waals surface area (Å²) in [6.45, 7) is 9.46. The summed E-state index contributed by atoms with van der Waals surface area (Å²) in [6, 6.07) is 0. The first kappa shape index (κ1) is 89.1. The van der Waals surface area contributed by atoms with E-state index in [-0.39, 0.29) is 25.7 Å². The fourth-order valence-electron chi connectivity index (χ4n) is 10.9. The Bertz CT molecular complexity index is 1770. The molecular formula is C72H140O17P2. The van der Waals surface area contributed by atoms with Gasteiger partial charge >= 0.3 is 39.5 Å². The second kappa shape index (κ2) is 64.1. The van der Waals surface area contributed by atoms with Crippen molar-refractivity contribution in [2.24, 2.45) is 11.8 Å². The van der Waals surface area contributed by atoms with Crippen molar-refractivity contribution >= 4 is 39.5 Å². The number of carbonyl (C=O) groups excluding carboxylic acids is 4. The summed E-state index contributed by atoms with van der Waals surface area (Å²) in [5, 5.41) is 10.6. The molecule has 0 radical (unpaired) electrons. The zero-order valence-electron chi connectivity index (χ0n) is 59.1. The minimum Gasteiger partial charge on any atom is -0.462 e. The Morgan fingerprint density at radius 2 is 0.505 bits per heavy atom. The van der Waals surface area contributed by atoms with Crippen LogP contribution in [0.25, 0.3) is 0 Å². The van der Waals surface area contributed by atoms with Crippen molar-refractivity contribution in [2.45, 2.75) is 387 Å². The molecule has 540 valence electrons. The minimum absolute atomic E-state index is 0.104. The maximum atomic E-state index is 13.0. The van der Waals surface area contributed by atoms with Crippen molar-refractivity contribution in [3.8, 4) is 0 Å². The van der Waals surface area contributed by atoms with E-state index >= 15 is 0 Å². The Balaban J connectivity index is 5.23. The maximum Gasteiger partial charge on any atom is 0.472 e. The molecule has 19 heteroatoms. The molecule has 0 heterocycles. The molecule has 0 aliphatic rings. The van der Waals surface area contributed by atoms with Gasteiger partial charge < -0.3 is 33.8 Å². The molecule has 0 bridgehead atoms. The monoisotopic (exact) mass is 1340 g/mol. The number of ether oxygens (including phenoxy) is 4. The molecule has 0 aromatic heterocycles. The van der Waals surface area contributed by atoms with E-state index in [1.54, 1.807) is 0 Å². The zero-order valence-corrected chi connectivity index (χ0v) is 60.9. The average molecular weight is 1340 g/mol. The zero-order chi connectivity index (χ0) is 67.2. The van der Waals surface area contributed by atoms with Crippen molar-refractivity contribution < 1.29 is 80.2 Å². The van der Waals surface area contributed by atoms with Crippen molar-refractivity contribution in [3.63, 3.8) is 0 Å². The molecule has 0 rings (SSSR count). The van der Waals surface area contributed by atoms with Gasteiger partial charge in [-0.1, -0.05) is 318 Å². The van der Waals surface area contributed by atoms with Gasteiger partial charge in [0.25, 0.3) is 0 Å². The molecule has 0 aromatic carbocycles. The number of aliphatic hydroxyl groups excluding tert-OH is 1. The Labute approximate surface area is 556 Å². The van der Waals surface area contributed by atoms with Crippen molar-refractivity contribution in [1.29, 1.82) is 0 Å². The number of phosphoric ester groups is 2. The Morgan fingerprint density at radius 3 is 0.747 bits per heavy atom. The van der Waals surface area contributed by atoms with Gasteiger partial charge in [0.05, 0.1) is 26.4 Å². The van der Waals surface area contributed by atoms with Crippen molar-refractivity contribution in [2.75, 3.05) is 39.6 Å². The number of rotatable bonds is 71. The molecule has 0 amide bonds. The number of carbonyl (C=O) groups is 4. The van der Waals surface area contributed by atoms with Crippen LogP contribution in [0.2, 0.25) is 0 Å². The highest BCUT2D eigenvalue weighted by atomic mass is 31.2. The number of esters is 4. The molecule has 0 fully saturated rings. The topological polar surface area (TPSA) is 237 Å². The van der Waals surface area contributed by atoms with E-state index in [1.165, 1.54) is 180 Å². The van der Waals surface area contributed by atoms with E-state index < -0.39 is 97.5 Å². The summed E-state index contributed by atoms with van der Waals surface area (Å²) in [5.74, 6) is -0.707. The molecular weight excluding hydrogens is 1200 g/mol. The molecule has 0 saturated heterocycles. The molecule has 5 atom stereocenters. The van der Waals surface area contributed by atoms with Crippen LogP contribution in [0.5, 0.6) is 0 Å². The van der Waals surface area contributed by atoms with Crippen LogP contribution in [-0.4, -0.2) is 96.7 Å². The third-order valence-corrected chi connectivity index (χ3v) is 18.6. The molecule has 0 saturated carbocycles. The van der Waals surface area contributed by atoms with Crippen LogP contribution in [0.3, 0.4) is 0 Å². The highest BCUT2D eigenvalue weighted by Crippen LogP contribution is 2.45. The molecule has 0 aliphatic heterocycles. The van der Waals surface area contributed by atoms with E-state index in [4.69, 9.17) is 37.0 Å². The van der Waals surface area contributed by atoms with Gasteiger partial charge in [-0.2, -0.15) is 0 Å². The van der Waals surface area contributed by atoms with E-state index in [9.17, 15) is 43.2 Å². The number of hydrogen-bond acceptors (Lipinski definition) is 15.